The van der Waals surface area contributed by atoms with Crippen LogP contribution in [0.15, 0.2) is 11.1 Å². The third kappa shape index (κ3) is 2.62. The van der Waals surface area contributed by atoms with E-state index in [2.05, 4.69) is 0 Å². The first-order valence-electron chi connectivity index (χ1n) is 4.30. The van der Waals surface area contributed by atoms with Crippen LogP contribution in [0.5, 0.6) is 0 Å². The monoisotopic (exact) mass is 248 g/mol. The van der Waals surface area contributed by atoms with Crippen LogP contribution in [0.2, 0.25) is 0 Å². The molecule has 0 bridgehead atoms. The Morgan fingerprint density at radius 1 is 1.27 bits per heavy atom. The normalized spacial score (nSPS) is 26.7. The summed E-state index contributed by atoms with van der Waals surface area (Å²) in [5.74, 6) is -5.23. The molecular formula is C9H10ClF5. The summed E-state index contributed by atoms with van der Waals surface area (Å²) < 4.78 is 60.5. The van der Waals surface area contributed by atoms with Gasteiger partial charge in [0.1, 0.15) is 0 Å². The molecule has 0 aromatic carbocycles. The van der Waals surface area contributed by atoms with Crippen LogP contribution in [-0.2, 0) is 0 Å². The van der Waals surface area contributed by atoms with Gasteiger partial charge in [-0.2, -0.15) is 22.0 Å². The van der Waals surface area contributed by atoms with Gasteiger partial charge in [-0.25, -0.2) is 0 Å². The lowest BCUT2D eigenvalue weighted by Crippen LogP contribution is -2.34. The zero-order valence-corrected chi connectivity index (χ0v) is 8.89. The molecule has 1 saturated carbocycles. The fraction of sp³-hybridized carbons (Fsp3) is 0.778. The van der Waals surface area contributed by atoms with E-state index in [1.807, 2.05) is 0 Å². The Morgan fingerprint density at radius 2 is 1.67 bits per heavy atom. The Bertz CT molecular complexity index is 289. The maximum atomic E-state index is 12.5. The molecule has 0 nitrogen and oxygen atoms in total. The SMILES string of the molecule is CC1(C)CC1C(Cl)=CC(F)(F)C(F)(F)F. The van der Waals surface area contributed by atoms with Crippen molar-refractivity contribution in [2.75, 3.05) is 0 Å². The van der Waals surface area contributed by atoms with Gasteiger partial charge in [0.15, 0.2) is 0 Å². The van der Waals surface area contributed by atoms with E-state index in [4.69, 9.17) is 11.6 Å². The number of allylic oxidation sites excluding steroid dienone is 2. The van der Waals surface area contributed by atoms with Crippen molar-refractivity contribution in [1.29, 1.82) is 0 Å². The minimum Gasteiger partial charge on any atom is -0.191 e. The summed E-state index contributed by atoms with van der Waals surface area (Å²) in [6.07, 6.45) is -5.23. The Hall–Kier alpha value is -0.320. The summed E-state index contributed by atoms with van der Waals surface area (Å²) in [5.41, 5.74) is -0.269. The molecule has 1 aliphatic carbocycles. The number of alkyl halides is 5. The highest BCUT2D eigenvalue weighted by Gasteiger charge is 2.57. The van der Waals surface area contributed by atoms with Crippen LogP contribution >= 0.6 is 11.6 Å². The van der Waals surface area contributed by atoms with Crippen LogP contribution in [0, 0.1) is 11.3 Å². The highest BCUT2D eigenvalue weighted by molar-refractivity contribution is 6.30. The van der Waals surface area contributed by atoms with Gasteiger partial charge in [0.2, 0.25) is 0 Å². The van der Waals surface area contributed by atoms with E-state index in [1.54, 1.807) is 13.8 Å². The highest BCUT2D eigenvalue weighted by Crippen LogP contribution is 2.57. The lowest BCUT2D eigenvalue weighted by molar-refractivity contribution is -0.259. The molecule has 0 amide bonds. The average Bonchev–Trinajstić information content (AvgIpc) is 2.56. The molecule has 1 rings (SSSR count). The van der Waals surface area contributed by atoms with E-state index in [0.717, 1.165) is 0 Å². The second kappa shape index (κ2) is 3.34. The minimum atomic E-state index is -5.58. The van der Waals surface area contributed by atoms with E-state index in [-0.39, 0.29) is 17.4 Å². The molecule has 0 heterocycles. The van der Waals surface area contributed by atoms with Gasteiger partial charge in [-0.3, -0.25) is 0 Å². The first kappa shape index (κ1) is 12.7. The molecule has 0 aromatic heterocycles. The second-order valence-corrected chi connectivity index (χ2v) is 4.83. The van der Waals surface area contributed by atoms with Crippen molar-refractivity contribution in [3.63, 3.8) is 0 Å². The number of hydrogen-bond acceptors (Lipinski definition) is 0. The summed E-state index contributed by atoms with van der Waals surface area (Å²) in [4.78, 5) is 0. The largest absolute Gasteiger partial charge is 0.457 e. The molecule has 88 valence electrons. The zero-order chi connectivity index (χ0) is 12.1. The lowest BCUT2D eigenvalue weighted by atomic mass is 10.1. The Labute approximate surface area is 89.1 Å². The van der Waals surface area contributed by atoms with E-state index in [0.29, 0.717) is 6.42 Å². The van der Waals surface area contributed by atoms with Crippen molar-refractivity contribution in [2.24, 2.45) is 11.3 Å². The summed E-state index contributed by atoms with van der Waals surface area (Å²) in [6.45, 7) is 3.53. The average molecular weight is 249 g/mol. The van der Waals surface area contributed by atoms with Gasteiger partial charge in [-0.15, -0.1) is 0 Å². The predicted octanol–water partition coefficient (Wildman–Crippen LogP) is 4.35. The molecule has 0 radical (unpaired) electrons. The maximum Gasteiger partial charge on any atom is 0.457 e. The van der Waals surface area contributed by atoms with Gasteiger partial charge in [-0.05, 0) is 11.8 Å². The number of rotatable bonds is 2. The molecule has 0 aliphatic heterocycles. The molecule has 1 atom stereocenters. The minimum absolute atomic E-state index is 0.187. The van der Waals surface area contributed by atoms with Crippen LogP contribution in [-0.4, -0.2) is 12.1 Å². The molecular weight excluding hydrogens is 239 g/mol. The Kier molecular flexibility index (Phi) is 2.83. The van der Waals surface area contributed by atoms with Crippen molar-refractivity contribution in [2.45, 2.75) is 32.4 Å². The molecule has 0 saturated heterocycles. The van der Waals surface area contributed by atoms with E-state index in [1.165, 1.54) is 0 Å². The molecule has 1 aliphatic rings. The lowest BCUT2D eigenvalue weighted by Gasteiger charge is -2.16. The van der Waals surface area contributed by atoms with Crippen LogP contribution in [0.1, 0.15) is 20.3 Å². The van der Waals surface area contributed by atoms with Gasteiger partial charge in [0, 0.05) is 17.0 Å². The first-order chi connectivity index (χ1) is 6.47. The third-order valence-electron chi connectivity index (χ3n) is 2.54. The molecule has 0 N–H and O–H groups in total. The third-order valence-corrected chi connectivity index (χ3v) is 2.92. The second-order valence-electron chi connectivity index (χ2n) is 4.40. The van der Waals surface area contributed by atoms with Crippen LogP contribution in [0.4, 0.5) is 22.0 Å². The molecule has 0 aromatic rings. The summed E-state index contributed by atoms with van der Waals surface area (Å²) in [6, 6.07) is 0. The van der Waals surface area contributed by atoms with Crippen LogP contribution in [0.25, 0.3) is 0 Å². The molecule has 1 unspecified atom stereocenters. The number of halogens is 6. The van der Waals surface area contributed by atoms with Gasteiger partial charge >= 0.3 is 12.1 Å². The van der Waals surface area contributed by atoms with Crippen LogP contribution < -0.4 is 0 Å². The Balaban J connectivity index is 2.80. The fourth-order valence-electron chi connectivity index (χ4n) is 1.29. The van der Waals surface area contributed by atoms with Gasteiger partial charge in [-0.1, -0.05) is 25.4 Å². The van der Waals surface area contributed by atoms with Crippen LogP contribution in [0.3, 0.4) is 0 Å². The van der Waals surface area contributed by atoms with Crippen molar-refractivity contribution in [1.82, 2.24) is 0 Å². The molecule has 1 fully saturated rings. The summed E-state index contributed by atoms with van der Waals surface area (Å²) in [7, 11) is 0. The van der Waals surface area contributed by atoms with E-state index >= 15 is 0 Å². The zero-order valence-electron chi connectivity index (χ0n) is 8.13. The number of hydrogen-bond donors (Lipinski definition) is 0. The van der Waals surface area contributed by atoms with E-state index in [9.17, 15) is 22.0 Å². The first-order valence-corrected chi connectivity index (χ1v) is 4.68. The standard InChI is InChI=1S/C9H10ClF5/c1-7(2)3-5(7)6(10)4-8(11,12)9(13,14)15/h4-5H,3H2,1-2H3. The maximum absolute atomic E-state index is 12.5. The van der Waals surface area contributed by atoms with E-state index < -0.39 is 17.1 Å². The van der Waals surface area contributed by atoms with Gasteiger partial charge < -0.3 is 0 Å². The molecule has 15 heavy (non-hydrogen) atoms. The van der Waals surface area contributed by atoms with Gasteiger partial charge in [0.25, 0.3) is 0 Å². The van der Waals surface area contributed by atoms with Crippen molar-refractivity contribution >= 4 is 11.6 Å². The molecule has 0 spiro atoms. The van der Waals surface area contributed by atoms with Gasteiger partial charge in [0.05, 0.1) is 0 Å². The predicted molar refractivity (Wildman–Crippen MR) is 46.8 cm³/mol. The highest BCUT2D eigenvalue weighted by atomic mass is 35.5. The van der Waals surface area contributed by atoms with Crippen molar-refractivity contribution < 1.29 is 22.0 Å². The van der Waals surface area contributed by atoms with Crippen molar-refractivity contribution in [3.05, 3.63) is 11.1 Å². The Morgan fingerprint density at radius 3 is 1.93 bits per heavy atom. The smallest absolute Gasteiger partial charge is 0.191 e. The summed E-state index contributed by atoms with van der Waals surface area (Å²) in [5, 5.41) is -0.401. The summed E-state index contributed by atoms with van der Waals surface area (Å²) >= 11 is 5.43. The topological polar surface area (TPSA) is 0 Å². The molecule has 6 heteroatoms. The van der Waals surface area contributed by atoms with Crippen molar-refractivity contribution in [3.8, 4) is 0 Å². The fourth-order valence-corrected chi connectivity index (χ4v) is 1.80. The quantitative estimate of drug-likeness (QED) is 0.637.